The van der Waals surface area contributed by atoms with Gasteiger partial charge in [0.1, 0.15) is 9.71 Å². The van der Waals surface area contributed by atoms with Crippen molar-refractivity contribution in [1.82, 2.24) is 10.3 Å². The van der Waals surface area contributed by atoms with Gasteiger partial charge in [0.25, 0.3) is 5.91 Å². The van der Waals surface area contributed by atoms with Gasteiger partial charge in [0, 0.05) is 17.6 Å². The van der Waals surface area contributed by atoms with Gasteiger partial charge >= 0.3 is 0 Å². The molecular formula is C15H19N3OS. The second-order valence-corrected chi connectivity index (χ2v) is 6.59. The quantitative estimate of drug-likeness (QED) is 0.909. The zero-order valence-corrected chi connectivity index (χ0v) is 12.6. The van der Waals surface area contributed by atoms with E-state index in [0.29, 0.717) is 10.6 Å². The van der Waals surface area contributed by atoms with Crippen LogP contribution in [0.25, 0.3) is 10.2 Å². The smallest absolute Gasteiger partial charge is 0.263 e. The number of hydrogen-bond acceptors (Lipinski definition) is 4. The van der Waals surface area contributed by atoms with Crippen molar-refractivity contribution in [3.05, 3.63) is 22.2 Å². The molecule has 0 atom stereocenters. The predicted octanol–water partition coefficient (Wildman–Crippen LogP) is 3.03. The molecule has 3 N–H and O–H groups in total. The summed E-state index contributed by atoms with van der Waals surface area (Å²) in [6.45, 7) is 4.70. The van der Waals surface area contributed by atoms with Gasteiger partial charge in [0.2, 0.25) is 0 Å². The summed E-state index contributed by atoms with van der Waals surface area (Å²) in [6, 6.07) is 2.00. The van der Waals surface area contributed by atoms with Gasteiger partial charge in [-0.1, -0.05) is 12.8 Å². The molecule has 1 saturated carbocycles. The highest BCUT2D eigenvalue weighted by Crippen LogP contribution is 2.35. The number of nitrogen functional groups attached to an aromatic ring is 1. The van der Waals surface area contributed by atoms with Crippen LogP contribution in [-0.2, 0) is 0 Å². The number of hydrogen-bond donors (Lipinski definition) is 2. The number of nitrogens with one attached hydrogen (secondary N) is 1. The number of carbonyl (C=O) groups excluding carboxylic acids is 1. The van der Waals surface area contributed by atoms with Crippen LogP contribution >= 0.6 is 11.3 Å². The molecule has 1 fully saturated rings. The average Bonchev–Trinajstić information content (AvgIpc) is 3.13. The maximum atomic E-state index is 12.2. The Labute approximate surface area is 122 Å². The third kappa shape index (κ3) is 2.50. The normalized spacial score (nSPS) is 14.7. The summed E-state index contributed by atoms with van der Waals surface area (Å²) in [6.07, 6.45) is 3.69. The van der Waals surface area contributed by atoms with Gasteiger partial charge in [-0.05, 0) is 37.8 Å². The second kappa shape index (κ2) is 5.05. The van der Waals surface area contributed by atoms with E-state index in [-0.39, 0.29) is 5.91 Å². The van der Waals surface area contributed by atoms with Crippen molar-refractivity contribution in [2.75, 3.05) is 12.3 Å². The van der Waals surface area contributed by atoms with E-state index in [1.165, 1.54) is 24.2 Å². The summed E-state index contributed by atoms with van der Waals surface area (Å²) in [5.74, 6) is 0.754. The molecule has 5 heteroatoms. The molecule has 0 aromatic carbocycles. The van der Waals surface area contributed by atoms with Crippen molar-refractivity contribution in [3.8, 4) is 0 Å². The van der Waals surface area contributed by atoms with Crippen LogP contribution in [0.1, 0.15) is 40.2 Å². The van der Waals surface area contributed by atoms with Crippen molar-refractivity contribution in [2.24, 2.45) is 5.92 Å². The standard InChI is InChI=1S/C15H19N3OS/c1-8-7-9(2)18-15-11(8)12(16)13(20-15)14(19)17-6-5-10-3-4-10/h7,10H,3-6,16H2,1-2H3,(H,17,19). The molecule has 0 unspecified atom stereocenters. The number of amides is 1. The summed E-state index contributed by atoms with van der Waals surface area (Å²) < 4.78 is 0. The van der Waals surface area contributed by atoms with E-state index >= 15 is 0 Å². The van der Waals surface area contributed by atoms with Crippen molar-refractivity contribution < 1.29 is 4.79 Å². The molecule has 0 aliphatic heterocycles. The Morgan fingerprint density at radius 2 is 2.25 bits per heavy atom. The number of pyridine rings is 1. The number of rotatable bonds is 4. The number of carbonyl (C=O) groups is 1. The topological polar surface area (TPSA) is 68.0 Å². The molecule has 2 aromatic heterocycles. The van der Waals surface area contributed by atoms with Crippen LogP contribution in [0.5, 0.6) is 0 Å². The number of nitrogens with zero attached hydrogens (tertiary/aromatic N) is 1. The molecule has 2 heterocycles. The number of aryl methyl sites for hydroxylation is 2. The molecule has 1 aliphatic carbocycles. The molecule has 0 bridgehead atoms. The first kappa shape index (κ1) is 13.4. The maximum absolute atomic E-state index is 12.2. The average molecular weight is 289 g/mol. The van der Waals surface area contributed by atoms with E-state index < -0.39 is 0 Å². The van der Waals surface area contributed by atoms with Crippen LogP contribution in [0.2, 0.25) is 0 Å². The molecule has 4 nitrogen and oxygen atoms in total. The zero-order valence-electron chi connectivity index (χ0n) is 11.8. The highest BCUT2D eigenvalue weighted by molar-refractivity contribution is 7.21. The fraction of sp³-hybridized carbons (Fsp3) is 0.467. The Morgan fingerprint density at radius 1 is 1.50 bits per heavy atom. The lowest BCUT2D eigenvalue weighted by Crippen LogP contribution is -2.24. The van der Waals surface area contributed by atoms with E-state index in [2.05, 4.69) is 10.3 Å². The lowest BCUT2D eigenvalue weighted by molar-refractivity contribution is 0.0957. The van der Waals surface area contributed by atoms with Gasteiger partial charge < -0.3 is 11.1 Å². The Bertz CT molecular complexity index is 673. The predicted molar refractivity (Wildman–Crippen MR) is 83.2 cm³/mol. The SMILES string of the molecule is Cc1cc(C)c2c(N)c(C(=O)NCCC3CC3)sc2n1. The summed E-state index contributed by atoms with van der Waals surface area (Å²) in [5, 5.41) is 3.89. The Hall–Kier alpha value is -1.62. The van der Waals surface area contributed by atoms with E-state index in [9.17, 15) is 4.79 Å². The number of thiophene rings is 1. The van der Waals surface area contributed by atoms with Crippen LogP contribution < -0.4 is 11.1 Å². The Morgan fingerprint density at radius 3 is 2.95 bits per heavy atom. The Kier molecular flexibility index (Phi) is 3.38. The van der Waals surface area contributed by atoms with Gasteiger partial charge in [-0.2, -0.15) is 0 Å². The number of aromatic nitrogens is 1. The largest absolute Gasteiger partial charge is 0.397 e. The fourth-order valence-electron chi connectivity index (χ4n) is 2.51. The monoisotopic (exact) mass is 289 g/mol. The molecule has 106 valence electrons. The second-order valence-electron chi connectivity index (χ2n) is 5.59. The van der Waals surface area contributed by atoms with E-state index in [0.717, 1.165) is 40.4 Å². The van der Waals surface area contributed by atoms with Crippen molar-refractivity contribution in [2.45, 2.75) is 33.1 Å². The molecule has 20 heavy (non-hydrogen) atoms. The summed E-state index contributed by atoms with van der Waals surface area (Å²) in [5.41, 5.74) is 8.75. The Balaban J connectivity index is 1.84. The first-order valence-electron chi connectivity index (χ1n) is 7.00. The van der Waals surface area contributed by atoms with Gasteiger partial charge in [0.05, 0.1) is 5.69 Å². The van der Waals surface area contributed by atoms with Crippen LogP contribution in [-0.4, -0.2) is 17.4 Å². The lowest BCUT2D eigenvalue weighted by atomic mass is 10.1. The van der Waals surface area contributed by atoms with Gasteiger partial charge in [-0.15, -0.1) is 11.3 Å². The van der Waals surface area contributed by atoms with Crippen LogP contribution in [0, 0.1) is 19.8 Å². The summed E-state index contributed by atoms with van der Waals surface area (Å²) in [7, 11) is 0. The molecular weight excluding hydrogens is 270 g/mol. The third-order valence-electron chi connectivity index (χ3n) is 3.77. The van der Waals surface area contributed by atoms with Gasteiger partial charge in [0.15, 0.2) is 0 Å². The van der Waals surface area contributed by atoms with E-state index in [1.54, 1.807) is 0 Å². The first-order valence-corrected chi connectivity index (χ1v) is 7.82. The first-order chi connectivity index (χ1) is 9.56. The number of fused-ring (bicyclic) bond motifs is 1. The molecule has 1 aliphatic rings. The maximum Gasteiger partial charge on any atom is 0.263 e. The minimum Gasteiger partial charge on any atom is -0.397 e. The molecule has 0 radical (unpaired) electrons. The van der Waals surface area contributed by atoms with Crippen LogP contribution in [0.15, 0.2) is 6.07 Å². The summed E-state index contributed by atoms with van der Waals surface area (Å²) in [4.78, 5) is 18.2. The number of anilines is 1. The summed E-state index contributed by atoms with van der Waals surface area (Å²) >= 11 is 1.39. The molecule has 2 aromatic rings. The molecule has 3 rings (SSSR count). The highest BCUT2D eigenvalue weighted by atomic mass is 32.1. The lowest BCUT2D eigenvalue weighted by Gasteiger charge is -2.03. The van der Waals surface area contributed by atoms with Crippen LogP contribution in [0.3, 0.4) is 0 Å². The van der Waals surface area contributed by atoms with Crippen molar-refractivity contribution in [3.63, 3.8) is 0 Å². The van der Waals surface area contributed by atoms with Crippen molar-refractivity contribution >= 4 is 33.1 Å². The molecule has 0 spiro atoms. The van der Waals surface area contributed by atoms with Crippen molar-refractivity contribution in [1.29, 1.82) is 0 Å². The van der Waals surface area contributed by atoms with Gasteiger partial charge in [-0.25, -0.2) is 4.98 Å². The third-order valence-corrected chi connectivity index (χ3v) is 4.86. The van der Waals surface area contributed by atoms with Crippen LogP contribution in [0.4, 0.5) is 5.69 Å². The number of nitrogens with two attached hydrogens (primary N) is 1. The fourth-order valence-corrected chi connectivity index (χ4v) is 3.65. The van der Waals surface area contributed by atoms with E-state index in [4.69, 9.17) is 5.73 Å². The molecule has 0 saturated heterocycles. The minimum atomic E-state index is -0.0665. The highest BCUT2D eigenvalue weighted by Gasteiger charge is 2.22. The zero-order chi connectivity index (χ0) is 14.3. The molecule has 1 amide bonds. The minimum absolute atomic E-state index is 0.0665. The van der Waals surface area contributed by atoms with E-state index in [1.807, 2.05) is 19.9 Å². The van der Waals surface area contributed by atoms with Gasteiger partial charge in [-0.3, -0.25) is 4.79 Å².